The van der Waals surface area contributed by atoms with Crippen LogP contribution < -0.4 is 10.6 Å². The number of hydrogen-bond acceptors (Lipinski definition) is 2. The van der Waals surface area contributed by atoms with Crippen LogP contribution in [0.3, 0.4) is 0 Å². The molecule has 0 aromatic heterocycles. The average molecular weight is 360 g/mol. The Morgan fingerprint density at radius 3 is 2.48 bits per heavy atom. The van der Waals surface area contributed by atoms with E-state index < -0.39 is 10.8 Å². The van der Waals surface area contributed by atoms with E-state index in [4.69, 9.17) is 0 Å². The van der Waals surface area contributed by atoms with Crippen LogP contribution in [0.4, 0.5) is 0 Å². The van der Waals surface area contributed by atoms with Crippen LogP contribution in [-0.4, -0.2) is 34.3 Å². The fourth-order valence-corrected chi connectivity index (χ4v) is 3.43. The smallest absolute Gasteiger partial charge is 0.191 e. The van der Waals surface area contributed by atoms with Crippen molar-refractivity contribution in [2.75, 3.05) is 19.3 Å². The highest BCUT2D eigenvalue weighted by Crippen LogP contribution is 2.20. The van der Waals surface area contributed by atoms with Crippen molar-refractivity contribution in [3.8, 4) is 0 Å². The van der Waals surface area contributed by atoms with Gasteiger partial charge in [-0.3, -0.25) is 9.20 Å². The van der Waals surface area contributed by atoms with Crippen LogP contribution in [0.25, 0.3) is 10.8 Å². The minimum atomic E-state index is -0.865. The largest absolute Gasteiger partial charge is 0.355 e. The van der Waals surface area contributed by atoms with Gasteiger partial charge in [0, 0.05) is 34.9 Å². The molecule has 0 saturated heterocycles. The van der Waals surface area contributed by atoms with Gasteiger partial charge in [-0.15, -0.1) is 0 Å². The van der Waals surface area contributed by atoms with Crippen LogP contribution >= 0.6 is 0 Å². The number of fused-ring (bicyclic) bond motifs is 1. The van der Waals surface area contributed by atoms with Crippen molar-refractivity contribution in [1.29, 1.82) is 0 Å². The molecule has 25 heavy (non-hydrogen) atoms. The number of rotatable bonds is 5. The Morgan fingerprint density at radius 2 is 1.84 bits per heavy atom. The van der Waals surface area contributed by atoms with Crippen molar-refractivity contribution in [2.24, 2.45) is 4.99 Å². The lowest BCUT2D eigenvalue weighted by Gasteiger charge is -2.20. The molecule has 2 rings (SSSR count). The van der Waals surface area contributed by atoms with E-state index in [1.807, 2.05) is 20.8 Å². The van der Waals surface area contributed by atoms with Crippen LogP contribution in [0.15, 0.2) is 47.5 Å². The SMILES string of the molecule is CN=C(NCCS(=O)C(C)(C)C)NC(C)c1ccc2ccccc2c1. The summed E-state index contributed by atoms with van der Waals surface area (Å²) >= 11 is 0. The highest BCUT2D eigenvalue weighted by molar-refractivity contribution is 7.86. The first-order valence-electron chi connectivity index (χ1n) is 8.65. The summed E-state index contributed by atoms with van der Waals surface area (Å²) < 4.78 is 11.9. The molecule has 0 aliphatic heterocycles. The summed E-state index contributed by atoms with van der Waals surface area (Å²) in [5, 5.41) is 9.13. The van der Waals surface area contributed by atoms with Crippen molar-refractivity contribution < 1.29 is 4.21 Å². The fraction of sp³-hybridized carbons (Fsp3) is 0.450. The minimum absolute atomic E-state index is 0.129. The van der Waals surface area contributed by atoms with Crippen molar-refractivity contribution in [3.63, 3.8) is 0 Å². The van der Waals surface area contributed by atoms with E-state index in [0.29, 0.717) is 12.3 Å². The molecule has 0 bridgehead atoms. The summed E-state index contributed by atoms with van der Waals surface area (Å²) in [6.07, 6.45) is 0. The molecule has 0 aliphatic carbocycles. The maximum absolute atomic E-state index is 12.1. The standard InChI is InChI=1S/C20H29N3OS/c1-15(17-11-10-16-8-6-7-9-18(16)14-17)23-19(21-5)22-12-13-25(24)20(2,3)4/h6-11,14-15H,12-13H2,1-5H3,(H2,21,22,23). The summed E-state index contributed by atoms with van der Waals surface area (Å²) in [7, 11) is 0.888. The Kier molecular flexibility index (Phi) is 6.59. The summed E-state index contributed by atoms with van der Waals surface area (Å²) in [5.74, 6) is 1.33. The molecular weight excluding hydrogens is 330 g/mol. The van der Waals surface area contributed by atoms with E-state index in [-0.39, 0.29) is 10.8 Å². The van der Waals surface area contributed by atoms with Crippen LogP contribution in [0, 0.1) is 0 Å². The summed E-state index contributed by atoms with van der Waals surface area (Å²) in [5.41, 5.74) is 1.21. The zero-order valence-electron chi connectivity index (χ0n) is 15.8. The van der Waals surface area contributed by atoms with E-state index in [9.17, 15) is 4.21 Å². The highest BCUT2D eigenvalue weighted by atomic mass is 32.2. The van der Waals surface area contributed by atoms with Gasteiger partial charge in [0.15, 0.2) is 5.96 Å². The van der Waals surface area contributed by atoms with Gasteiger partial charge in [-0.25, -0.2) is 0 Å². The van der Waals surface area contributed by atoms with Gasteiger partial charge in [0.05, 0.1) is 6.04 Å². The van der Waals surface area contributed by atoms with Gasteiger partial charge in [-0.2, -0.15) is 0 Å². The van der Waals surface area contributed by atoms with E-state index in [2.05, 4.69) is 65.0 Å². The van der Waals surface area contributed by atoms with Crippen LogP contribution in [-0.2, 0) is 10.8 Å². The molecule has 0 aliphatic rings. The Morgan fingerprint density at radius 1 is 1.16 bits per heavy atom. The monoisotopic (exact) mass is 359 g/mol. The molecule has 2 aromatic rings. The van der Waals surface area contributed by atoms with Crippen LogP contribution in [0.1, 0.15) is 39.3 Å². The second-order valence-corrected chi connectivity index (χ2v) is 9.46. The summed E-state index contributed by atoms with van der Waals surface area (Å²) in [4.78, 5) is 4.27. The van der Waals surface area contributed by atoms with E-state index in [1.165, 1.54) is 16.3 Å². The molecule has 2 N–H and O–H groups in total. The molecule has 136 valence electrons. The molecular formula is C20H29N3OS. The maximum Gasteiger partial charge on any atom is 0.191 e. The van der Waals surface area contributed by atoms with Gasteiger partial charge < -0.3 is 10.6 Å². The summed E-state index contributed by atoms with van der Waals surface area (Å²) in [6.45, 7) is 8.74. The van der Waals surface area contributed by atoms with Crippen molar-refractivity contribution in [2.45, 2.75) is 38.5 Å². The number of nitrogens with one attached hydrogen (secondary N) is 2. The van der Waals surface area contributed by atoms with Crippen LogP contribution in [0.5, 0.6) is 0 Å². The Bertz CT molecular complexity index is 765. The normalized spacial score (nSPS) is 15.0. The maximum atomic E-state index is 12.1. The van der Waals surface area contributed by atoms with Gasteiger partial charge >= 0.3 is 0 Å². The number of hydrogen-bond donors (Lipinski definition) is 2. The van der Waals surface area contributed by atoms with Gasteiger partial charge in [-0.05, 0) is 50.1 Å². The van der Waals surface area contributed by atoms with Gasteiger partial charge in [0.25, 0.3) is 0 Å². The van der Waals surface area contributed by atoms with Crippen LogP contribution in [0.2, 0.25) is 0 Å². The third-order valence-corrected chi connectivity index (χ3v) is 6.05. The predicted molar refractivity (Wildman–Crippen MR) is 110 cm³/mol. The van der Waals surface area contributed by atoms with E-state index in [0.717, 1.165) is 5.96 Å². The minimum Gasteiger partial charge on any atom is -0.355 e. The lowest BCUT2D eigenvalue weighted by Crippen LogP contribution is -2.41. The molecule has 0 spiro atoms. The van der Waals surface area contributed by atoms with Gasteiger partial charge in [0.1, 0.15) is 0 Å². The third kappa shape index (κ3) is 5.56. The van der Waals surface area contributed by atoms with E-state index >= 15 is 0 Å². The fourth-order valence-electron chi connectivity index (χ4n) is 2.53. The zero-order valence-corrected chi connectivity index (χ0v) is 16.6. The molecule has 5 heteroatoms. The molecule has 0 heterocycles. The lowest BCUT2D eigenvalue weighted by atomic mass is 10.0. The first kappa shape index (κ1) is 19.4. The van der Waals surface area contributed by atoms with Gasteiger partial charge in [0.2, 0.25) is 0 Å². The molecule has 2 unspecified atom stereocenters. The third-order valence-electron chi connectivity index (χ3n) is 4.11. The zero-order chi connectivity index (χ0) is 18.4. The molecule has 2 atom stereocenters. The molecule has 4 nitrogen and oxygen atoms in total. The second-order valence-electron chi connectivity index (χ2n) is 7.13. The van der Waals surface area contributed by atoms with E-state index in [1.54, 1.807) is 7.05 Å². The Hall–Kier alpha value is -1.88. The molecule has 0 radical (unpaired) electrons. The average Bonchev–Trinajstić information content (AvgIpc) is 2.59. The quantitative estimate of drug-likeness (QED) is 0.633. The van der Waals surface area contributed by atoms with Crippen molar-refractivity contribution >= 4 is 27.5 Å². The molecule has 0 fully saturated rings. The van der Waals surface area contributed by atoms with Gasteiger partial charge in [-0.1, -0.05) is 36.4 Å². The topological polar surface area (TPSA) is 53.5 Å². The second kappa shape index (κ2) is 8.48. The Labute approximate surface area is 153 Å². The molecule has 0 saturated carbocycles. The van der Waals surface area contributed by atoms with Crippen molar-refractivity contribution in [1.82, 2.24) is 10.6 Å². The summed E-state index contributed by atoms with van der Waals surface area (Å²) in [6, 6.07) is 15.0. The molecule has 0 amide bonds. The Balaban J connectivity index is 1.94. The lowest BCUT2D eigenvalue weighted by molar-refractivity contribution is 0.645. The highest BCUT2D eigenvalue weighted by Gasteiger charge is 2.18. The van der Waals surface area contributed by atoms with Crippen molar-refractivity contribution in [3.05, 3.63) is 48.0 Å². The number of guanidine groups is 1. The number of benzene rings is 2. The first-order valence-corrected chi connectivity index (χ1v) is 9.97. The first-order chi connectivity index (χ1) is 11.8. The number of aliphatic imine (C=N–C) groups is 1. The number of nitrogens with zero attached hydrogens (tertiary/aromatic N) is 1. The molecule has 2 aromatic carbocycles. The predicted octanol–water partition coefficient (Wildman–Crippen LogP) is 3.61.